The Morgan fingerprint density at radius 3 is 1.34 bits per heavy atom. The molecular formula is C83H102Cl2I2N6O14. The van der Waals surface area contributed by atoms with E-state index in [1.807, 2.05) is 0 Å². The van der Waals surface area contributed by atoms with E-state index in [1.165, 1.54) is 103 Å². The minimum Gasteiger partial charge on any atom is -1.00 e. The fraction of sp³-hybridized carbons (Fsp3) is 0.639. The van der Waals surface area contributed by atoms with Gasteiger partial charge in [0, 0.05) is 166 Å². The summed E-state index contributed by atoms with van der Waals surface area (Å²) in [6.07, 6.45) is 58.0. The predicted octanol–water partition coefficient (Wildman–Crippen LogP) is 1.79. The van der Waals surface area contributed by atoms with Gasteiger partial charge < -0.3 is 72.5 Å². The Balaban J connectivity index is 0.0000000978. The molecule has 18 heterocycles. The molecule has 0 saturated carbocycles. The Bertz CT molecular complexity index is 3940. The summed E-state index contributed by atoms with van der Waals surface area (Å²) in [5.41, 5.74) is 4.91. The van der Waals surface area contributed by atoms with Crippen molar-refractivity contribution in [3.63, 3.8) is 0 Å². The van der Waals surface area contributed by atoms with Gasteiger partial charge in [0.25, 0.3) is 0 Å². The highest BCUT2D eigenvalue weighted by atomic mass is 127. The van der Waals surface area contributed by atoms with Crippen molar-refractivity contribution in [2.45, 2.75) is 293 Å². The van der Waals surface area contributed by atoms with Crippen LogP contribution in [0.4, 0.5) is 0 Å². The van der Waals surface area contributed by atoms with Gasteiger partial charge in [0.2, 0.25) is 0 Å². The lowest BCUT2D eigenvalue weighted by molar-refractivity contribution is -0.937. The quantitative estimate of drug-likeness (QED) is 0.235. The van der Waals surface area contributed by atoms with E-state index in [2.05, 4.69) is 139 Å². The molecule has 576 valence electrons. The first kappa shape index (κ1) is 76.4. The van der Waals surface area contributed by atoms with E-state index >= 15 is 0 Å². The molecule has 18 aliphatic heterocycles. The third-order valence-corrected chi connectivity index (χ3v) is 31.4. The topological polar surface area (TPSA) is 198 Å². The molecule has 20 nitrogen and oxygen atoms in total. The van der Waals surface area contributed by atoms with Crippen LogP contribution in [-0.4, -0.2) is 226 Å². The van der Waals surface area contributed by atoms with E-state index in [9.17, 15) is 28.8 Å². The van der Waals surface area contributed by atoms with Gasteiger partial charge in [-0.15, -0.1) is 0 Å². The lowest BCUT2D eigenvalue weighted by Gasteiger charge is -2.37. The van der Waals surface area contributed by atoms with E-state index in [-0.39, 0.29) is 114 Å². The number of ether oxygens (including phenoxy) is 8. The molecule has 6 aliphatic carbocycles. The molecule has 0 radical (unpaired) electrons. The second kappa shape index (κ2) is 28.5. The molecule has 4 unspecified atom stereocenters. The van der Waals surface area contributed by atoms with Gasteiger partial charge in [-0.05, 0) is 161 Å². The molecular weight excluding hydrogens is 1630 g/mol. The molecule has 24 heteroatoms. The van der Waals surface area contributed by atoms with Crippen molar-refractivity contribution >= 4 is 81.0 Å². The average molecular weight is 1730 g/mol. The van der Waals surface area contributed by atoms with Gasteiger partial charge in [0.1, 0.15) is 24.2 Å². The fourth-order valence-electron chi connectivity index (χ4n) is 25.3. The summed E-state index contributed by atoms with van der Waals surface area (Å²) in [5, 5.41) is 0. The van der Waals surface area contributed by atoms with E-state index in [4.69, 9.17) is 37.9 Å². The molecule has 24 atom stereocenters. The van der Waals surface area contributed by atoms with Crippen LogP contribution >= 0.6 is 45.2 Å². The summed E-state index contributed by atoms with van der Waals surface area (Å²) in [6, 6.07) is 6.27. The monoisotopic (exact) mass is 1730 g/mol. The number of quaternary nitrogens is 2. The summed E-state index contributed by atoms with van der Waals surface area (Å²) >= 11 is 4.72. The van der Waals surface area contributed by atoms with E-state index in [0.29, 0.717) is 84.6 Å². The number of fused-ring (bicyclic) bond motifs is 18. The largest absolute Gasteiger partial charge is 1.00 e. The number of nitrogens with one attached hydrogen (secondary N) is 2. The Labute approximate surface area is 668 Å². The van der Waals surface area contributed by atoms with Crippen LogP contribution in [0.5, 0.6) is 0 Å². The van der Waals surface area contributed by atoms with Crippen LogP contribution in [0.3, 0.4) is 0 Å². The molecule has 12 saturated heterocycles. The zero-order valence-corrected chi connectivity index (χ0v) is 66.7. The Morgan fingerprint density at radius 2 is 0.794 bits per heavy atom. The lowest BCUT2D eigenvalue weighted by atomic mass is 9.80. The summed E-state index contributed by atoms with van der Waals surface area (Å²) in [7, 11) is 3.55. The van der Waals surface area contributed by atoms with Gasteiger partial charge in [-0.1, -0.05) is 68.9 Å². The zero-order valence-electron chi connectivity index (χ0n) is 60.9. The van der Waals surface area contributed by atoms with Crippen LogP contribution in [0.15, 0.2) is 138 Å². The van der Waals surface area contributed by atoms with Crippen molar-refractivity contribution in [3.05, 3.63) is 138 Å². The summed E-state index contributed by atoms with van der Waals surface area (Å²) < 4.78 is 48.0. The van der Waals surface area contributed by atoms with Gasteiger partial charge in [0.15, 0.2) is 33.6 Å². The smallest absolute Gasteiger partial charge is 0.332 e. The van der Waals surface area contributed by atoms with E-state index in [1.54, 1.807) is 60.5 Å². The van der Waals surface area contributed by atoms with Gasteiger partial charge in [-0.25, -0.2) is 28.8 Å². The van der Waals surface area contributed by atoms with Crippen molar-refractivity contribution in [1.82, 2.24) is 19.6 Å². The molecule has 12 fully saturated rings. The van der Waals surface area contributed by atoms with Crippen LogP contribution in [-0.2, 0) is 66.7 Å². The molecule has 24 aliphatic rings. The third-order valence-electron chi connectivity index (χ3n) is 29.5. The van der Waals surface area contributed by atoms with Gasteiger partial charge in [-0.3, -0.25) is 19.6 Å². The third kappa shape index (κ3) is 11.6. The first-order chi connectivity index (χ1) is 50.3. The number of hydrogen-bond donors (Lipinski definition) is 2. The van der Waals surface area contributed by atoms with Crippen LogP contribution in [0.1, 0.15) is 163 Å². The Morgan fingerprint density at radius 1 is 0.411 bits per heavy atom. The van der Waals surface area contributed by atoms with Crippen molar-refractivity contribution in [2.24, 2.45) is 0 Å². The molecule has 6 spiro atoms. The fourth-order valence-corrected chi connectivity index (χ4v) is 27.4. The minimum atomic E-state index is -0.380. The number of rotatable bonds is 4. The molecule has 24 rings (SSSR count). The highest BCUT2D eigenvalue weighted by molar-refractivity contribution is 14.1. The van der Waals surface area contributed by atoms with Crippen LogP contribution in [0, 0.1) is 0 Å². The maximum atomic E-state index is 11.8. The molecule has 0 aromatic rings. The van der Waals surface area contributed by atoms with Gasteiger partial charge >= 0.3 is 35.8 Å². The van der Waals surface area contributed by atoms with Gasteiger partial charge in [0.05, 0.1) is 62.3 Å². The number of piperidine rings is 4. The maximum absolute atomic E-state index is 11.8. The van der Waals surface area contributed by atoms with Gasteiger partial charge in [-0.2, -0.15) is 0 Å². The zero-order chi connectivity index (χ0) is 71.1. The van der Waals surface area contributed by atoms with Crippen LogP contribution in [0.25, 0.3) is 0 Å². The minimum absolute atomic E-state index is 0. The van der Waals surface area contributed by atoms with Crippen LogP contribution < -0.4 is 34.6 Å². The number of halogens is 4. The molecule has 2 N–H and O–H groups in total. The Hall–Kier alpha value is -4.58. The number of hydrogen-bond acceptors (Lipinski definition) is 18. The highest BCUT2D eigenvalue weighted by Crippen LogP contribution is 2.59. The first-order valence-corrected chi connectivity index (χ1v) is 41.5. The number of carbonyl (C=O) groups excluding carboxylic acids is 6. The predicted molar refractivity (Wildman–Crippen MR) is 405 cm³/mol. The highest BCUT2D eigenvalue weighted by Gasteiger charge is 2.69. The standard InChI is InChI=1S/C15H18INO3.C15H19NO3.C13H14INO2.3C13H15NO2.CH4.2ClH/c1-8(19-2)12-3-4-13-15-7-9(17(12)13)5-11(16)10(15)6-14(18)20-15;1-9(18-2)12-5-6-13-15-8-11(16(12)13)4-3-10(15)7-14(17)19-15;14-10-5-8-7-13(9(10)6-12(16)17-13)11-3-1-2-4-15(8)11;3*15-12-7-9-4-5-10-8-13(9,16-12)11-3-1-2-6-14(10)11;;;/h5-6,8-9,12-13H,3-4,7H2,1-2H3;3-4,7,9,11-13H,5-6,8H2,1-2H3;5-6,8,11H,1-4,7H2;3*4-5,7,10-11H,1-3,6,8H2;1H4;2*1H/t8?,9-,12-,13-,15+;9?,11-,12-,13-,15+;8-,11-,13+;3*10-,11-,13+;;;/m111111.../s1. The molecule has 0 aromatic heterocycles. The lowest BCUT2D eigenvalue weighted by Crippen LogP contribution is -3.18. The molecule has 0 amide bonds. The summed E-state index contributed by atoms with van der Waals surface area (Å²) in [5.74, 6) is -0.902. The van der Waals surface area contributed by atoms with Crippen molar-refractivity contribution in [1.29, 1.82) is 0 Å². The van der Waals surface area contributed by atoms with Crippen molar-refractivity contribution in [3.8, 4) is 0 Å². The molecule has 107 heavy (non-hydrogen) atoms. The van der Waals surface area contributed by atoms with Crippen molar-refractivity contribution in [2.75, 3.05) is 40.4 Å². The summed E-state index contributed by atoms with van der Waals surface area (Å²) in [6.45, 7) is 9.07. The van der Waals surface area contributed by atoms with E-state index < -0.39 is 0 Å². The number of esters is 6. The number of nitrogens with zero attached hydrogens (tertiary/aromatic N) is 4. The second-order valence-corrected chi connectivity index (χ2v) is 36.2. The normalized spacial score (nSPS) is 44.3. The molecule has 0 aromatic carbocycles. The molecule has 12 bridgehead atoms. The SMILES string of the molecule is C.COC(C)[C@H]1CC[C@H]2N1[C@@H]1C=C(I)C3=CC(=O)O[C@@]32C1.COC(C)[C@H]1CC[C@H]2N1[C@@H]1C=CC3=CC(=O)O[C@@]32C1.O=C1C=C2C(I)=C[C@@H]3C[C@@]2(O1)[C@H]1CCCC[NH+]31.O=C1C=C2C=C[C@@H]3C[C@@]2(O1)[C@H]1CCCCN31.O=C1C=C2C=C[C@@H]3C[C@@]2(O1)[C@H]1CCCCN31.O=C1C=C2C=C[C@@H]3C[C@@]2(O1)[C@H]1CCCC[NH+]31.[Cl-].[Cl-]. The van der Waals surface area contributed by atoms with E-state index in [0.717, 1.165) is 105 Å². The van der Waals surface area contributed by atoms with Crippen LogP contribution in [0.2, 0.25) is 0 Å². The van der Waals surface area contributed by atoms with Crippen molar-refractivity contribution < 1.29 is 101 Å². The Kier molecular flexibility index (Phi) is 20.4. The second-order valence-electron chi connectivity index (χ2n) is 33.9. The number of carbonyl (C=O) groups is 6. The average Bonchev–Trinajstić information content (AvgIpc) is 1.54. The maximum Gasteiger partial charge on any atom is 0.332 e. The summed E-state index contributed by atoms with van der Waals surface area (Å²) in [4.78, 5) is 83.2. The number of methoxy groups -OCH3 is 2. The first-order valence-electron chi connectivity index (χ1n) is 39.3.